The Morgan fingerprint density at radius 1 is 1.03 bits per heavy atom. The van der Waals surface area contributed by atoms with Crippen LogP contribution in [0.15, 0.2) is 73.6 Å². The van der Waals surface area contributed by atoms with Crippen molar-refractivity contribution in [2.24, 2.45) is 0 Å². The number of carbonyl (C=O) groups is 1. The van der Waals surface area contributed by atoms with Gasteiger partial charge in [-0.25, -0.2) is 19.5 Å². The molecular weight excluding hydrogens is 473 g/mol. The van der Waals surface area contributed by atoms with E-state index in [1.807, 2.05) is 10.8 Å². The molecule has 0 aliphatic rings. The predicted octanol–water partition coefficient (Wildman–Crippen LogP) is 3.69. The summed E-state index contributed by atoms with van der Waals surface area (Å²) in [6.07, 6.45) is 3.38. The number of amides is 1. The summed E-state index contributed by atoms with van der Waals surface area (Å²) in [5.41, 5.74) is 7.16. The molecule has 0 spiro atoms. The van der Waals surface area contributed by atoms with Gasteiger partial charge >= 0.3 is 6.18 Å². The van der Waals surface area contributed by atoms with E-state index in [4.69, 9.17) is 5.73 Å². The predicted molar refractivity (Wildman–Crippen MR) is 126 cm³/mol. The normalized spacial score (nSPS) is 11.6. The number of benzene rings is 1. The Kier molecular flexibility index (Phi) is 5.84. The smallest absolute Gasteiger partial charge is 0.383 e. The average molecular weight is 492 g/mol. The summed E-state index contributed by atoms with van der Waals surface area (Å²) < 4.78 is 43.2. The Morgan fingerprint density at radius 2 is 1.83 bits per heavy atom. The van der Waals surface area contributed by atoms with Crippen LogP contribution in [-0.4, -0.2) is 41.6 Å². The Balaban J connectivity index is 1.38. The monoisotopic (exact) mass is 492 g/mol. The topological polar surface area (TPSA) is 116 Å². The van der Waals surface area contributed by atoms with Crippen LogP contribution < -0.4 is 11.1 Å². The molecule has 0 bridgehead atoms. The van der Waals surface area contributed by atoms with Gasteiger partial charge < -0.3 is 15.6 Å². The molecule has 0 aliphatic carbocycles. The molecule has 0 atom stereocenters. The molecule has 36 heavy (non-hydrogen) atoms. The van der Waals surface area contributed by atoms with Crippen LogP contribution >= 0.6 is 0 Å². The van der Waals surface area contributed by atoms with Crippen LogP contribution in [0.5, 0.6) is 0 Å². The minimum Gasteiger partial charge on any atom is -0.383 e. The fourth-order valence-electron chi connectivity index (χ4n) is 3.68. The molecule has 5 aromatic rings. The molecule has 0 fully saturated rings. The van der Waals surface area contributed by atoms with E-state index >= 15 is 0 Å². The number of rotatable bonds is 6. The van der Waals surface area contributed by atoms with Crippen molar-refractivity contribution in [3.63, 3.8) is 0 Å². The van der Waals surface area contributed by atoms with Gasteiger partial charge in [-0.1, -0.05) is 12.1 Å². The van der Waals surface area contributed by atoms with E-state index in [0.717, 1.165) is 11.6 Å². The maximum Gasteiger partial charge on any atom is 0.419 e. The van der Waals surface area contributed by atoms with Crippen LogP contribution in [0.3, 0.4) is 0 Å². The molecule has 1 amide bonds. The number of alkyl halides is 3. The lowest BCUT2D eigenvalue weighted by molar-refractivity contribution is -0.137. The number of imidazole rings is 2. The quantitative estimate of drug-likeness (QED) is 0.374. The van der Waals surface area contributed by atoms with Crippen LogP contribution in [-0.2, 0) is 12.7 Å². The molecule has 9 nitrogen and oxygen atoms in total. The number of nitrogens with zero attached hydrogens (tertiary/aromatic N) is 6. The summed E-state index contributed by atoms with van der Waals surface area (Å²) in [5, 5.41) is 7.33. The Bertz CT molecular complexity index is 1530. The standard InChI is InChI=1S/C24H19F3N8O/c25-24(26,27)18-11-17(12-32-22(18)28)19-5-6-21-31-13-20(35(21)33-19)15-1-3-16(4-2-15)23(36)30-8-10-34-9-7-29-14-34/h1-7,9,11-14H,8,10H2,(H2,28,32)(H,30,36). The highest BCUT2D eigenvalue weighted by Gasteiger charge is 2.34. The molecule has 4 heterocycles. The maximum atomic E-state index is 13.3. The molecular formula is C24H19F3N8O. The first kappa shape index (κ1) is 23.0. The maximum absolute atomic E-state index is 13.3. The average Bonchev–Trinajstić information content (AvgIpc) is 3.53. The number of nitrogens with two attached hydrogens (primary N) is 1. The van der Waals surface area contributed by atoms with Gasteiger partial charge in [-0.05, 0) is 30.3 Å². The van der Waals surface area contributed by atoms with Gasteiger partial charge in [0, 0.05) is 48.4 Å². The van der Waals surface area contributed by atoms with E-state index in [9.17, 15) is 18.0 Å². The molecule has 182 valence electrons. The second-order valence-corrected chi connectivity index (χ2v) is 7.92. The van der Waals surface area contributed by atoms with E-state index in [1.165, 1.54) is 10.7 Å². The second-order valence-electron chi connectivity index (χ2n) is 7.92. The zero-order valence-electron chi connectivity index (χ0n) is 18.6. The van der Waals surface area contributed by atoms with Gasteiger partial charge in [0.05, 0.1) is 29.5 Å². The number of nitrogens with one attached hydrogen (secondary N) is 1. The number of fused-ring (bicyclic) bond motifs is 1. The number of nitrogen functional groups attached to an aromatic ring is 1. The summed E-state index contributed by atoms with van der Waals surface area (Å²) >= 11 is 0. The van der Waals surface area contributed by atoms with Crippen LogP contribution in [0.2, 0.25) is 0 Å². The summed E-state index contributed by atoms with van der Waals surface area (Å²) in [7, 11) is 0. The van der Waals surface area contributed by atoms with Gasteiger partial charge in [0.2, 0.25) is 0 Å². The highest BCUT2D eigenvalue weighted by molar-refractivity contribution is 5.94. The molecule has 0 saturated heterocycles. The molecule has 0 radical (unpaired) electrons. The Labute approximate surface area is 202 Å². The van der Waals surface area contributed by atoms with E-state index in [-0.39, 0.29) is 17.2 Å². The lowest BCUT2D eigenvalue weighted by Gasteiger charge is -2.11. The van der Waals surface area contributed by atoms with Crippen molar-refractivity contribution in [1.29, 1.82) is 0 Å². The third-order valence-electron chi connectivity index (χ3n) is 5.54. The van der Waals surface area contributed by atoms with Crippen molar-refractivity contribution in [3.05, 3.63) is 84.7 Å². The SMILES string of the molecule is Nc1ncc(-c2ccc3ncc(-c4ccc(C(=O)NCCn5ccnc5)cc4)n3n2)cc1C(F)(F)F. The highest BCUT2D eigenvalue weighted by Crippen LogP contribution is 2.35. The number of hydrogen-bond donors (Lipinski definition) is 2. The van der Waals surface area contributed by atoms with Crippen molar-refractivity contribution in [3.8, 4) is 22.5 Å². The number of aromatic nitrogens is 6. The van der Waals surface area contributed by atoms with E-state index in [1.54, 1.807) is 55.1 Å². The Hall–Kier alpha value is -4.74. The van der Waals surface area contributed by atoms with E-state index < -0.39 is 17.6 Å². The van der Waals surface area contributed by atoms with Crippen LogP contribution in [0.1, 0.15) is 15.9 Å². The van der Waals surface area contributed by atoms with Crippen LogP contribution in [0, 0.1) is 0 Å². The van der Waals surface area contributed by atoms with Gasteiger partial charge in [0.1, 0.15) is 5.82 Å². The van der Waals surface area contributed by atoms with E-state index in [0.29, 0.717) is 30.0 Å². The second kappa shape index (κ2) is 9.13. The third-order valence-corrected chi connectivity index (χ3v) is 5.54. The summed E-state index contributed by atoms with van der Waals surface area (Å²) in [5.74, 6) is -0.807. The molecule has 0 aliphatic heterocycles. The largest absolute Gasteiger partial charge is 0.419 e. The molecule has 3 N–H and O–H groups in total. The Morgan fingerprint density at radius 3 is 2.56 bits per heavy atom. The van der Waals surface area contributed by atoms with Gasteiger partial charge in [-0.2, -0.15) is 18.3 Å². The number of pyridine rings is 1. The lowest BCUT2D eigenvalue weighted by Crippen LogP contribution is -2.26. The first-order valence-electron chi connectivity index (χ1n) is 10.8. The van der Waals surface area contributed by atoms with Crippen molar-refractivity contribution in [2.45, 2.75) is 12.7 Å². The zero-order valence-corrected chi connectivity index (χ0v) is 18.6. The fourth-order valence-corrected chi connectivity index (χ4v) is 3.68. The molecule has 4 aromatic heterocycles. The number of hydrogen-bond acceptors (Lipinski definition) is 6. The molecule has 0 unspecified atom stereocenters. The first-order chi connectivity index (χ1) is 17.3. The molecule has 5 rings (SSSR count). The van der Waals surface area contributed by atoms with Gasteiger partial charge in [-0.15, -0.1) is 0 Å². The van der Waals surface area contributed by atoms with Gasteiger partial charge in [0.25, 0.3) is 5.91 Å². The van der Waals surface area contributed by atoms with Crippen LogP contribution in [0.25, 0.3) is 28.2 Å². The number of halogens is 3. The summed E-state index contributed by atoms with van der Waals surface area (Å²) in [4.78, 5) is 24.4. The van der Waals surface area contributed by atoms with Crippen molar-refractivity contribution < 1.29 is 18.0 Å². The summed E-state index contributed by atoms with van der Waals surface area (Å²) in [6.45, 7) is 1.06. The molecule has 0 saturated carbocycles. The number of anilines is 1. The van der Waals surface area contributed by atoms with Gasteiger partial charge in [-0.3, -0.25) is 4.79 Å². The van der Waals surface area contributed by atoms with Crippen molar-refractivity contribution in [1.82, 2.24) is 34.4 Å². The minimum absolute atomic E-state index is 0.167. The summed E-state index contributed by atoms with van der Waals surface area (Å²) in [6, 6.07) is 11.0. The van der Waals surface area contributed by atoms with Gasteiger partial charge in [0.15, 0.2) is 5.65 Å². The minimum atomic E-state index is -4.63. The number of carbonyl (C=O) groups excluding carboxylic acids is 1. The molecule has 1 aromatic carbocycles. The fraction of sp³-hybridized carbons (Fsp3) is 0.125. The first-order valence-corrected chi connectivity index (χ1v) is 10.8. The van der Waals surface area contributed by atoms with Crippen LogP contribution in [0.4, 0.5) is 19.0 Å². The van der Waals surface area contributed by atoms with Crippen molar-refractivity contribution in [2.75, 3.05) is 12.3 Å². The zero-order chi connectivity index (χ0) is 25.3. The lowest BCUT2D eigenvalue weighted by atomic mass is 10.1. The third kappa shape index (κ3) is 4.60. The van der Waals surface area contributed by atoms with Crippen molar-refractivity contribution >= 4 is 17.4 Å². The van der Waals surface area contributed by atoms with E-state index in [2.05, 4.69) is 25.4 Å². The highest BCUT2D eigenvalue weighted by atomic mass is 19.4. The molecule has 12 heteroatoms.